The number of carboxylic acid groups (broad SMARTS) is 3. The Bertz CT molecular complexity index is 3960. The summed E-state index contributed by atoms with van der Waals surface area (Å²) in [5.74, 6) is -26.2. The third-order valence-corrected chi connectivity index (χ3v) is 17.5. The lowest BCUT2D eigenvalue weighted by molar-refractivity contribution is -0.192. The molecule has 0 saturated carbocycles. The van der Waals surface area contributed by atoms with E-state index < -0.39 is 272 Å². The van der Waals surface area contributed by atoms with Gasteiger partial charge in [-0.2, -0.15) is 13.2 Å². The number of alkyl halides is 3. The van der Waals surface area contributed by atoms with Crippen LogP contribution in [0.25, 0.3) is 0 Å². The van der Waals surface area contributed by atoms with Gasteiger partial charge in [0.1, 0.15) is 84.6 Å². The molecule has 0 bridgehead atoms. The number of aliphatic carboxylic acids is 3. The monoisotopic (exact) mass is 1840 g/mol. The van der Waals surface area contributed by atoms with Gasteiger partial charge < -0.3 is 171 Å². The standard InChI is InChI=1S/C68H120N30O23.C2HF3O2/c1-29(2)19-39(90-50(106)31(5)69)55(111)93-42(22-47(70)103)58(114)87-36(12-9-16-81-66(73)74)54(110)98-49(33(7)102)63(119)97-46(27-101)62(118)96-45(26-100)61(117)94-43(23-48(104)105)59(115)95-44(25-99)60(116)85-32(6)51(107)91-40(20-30(3)4)56(112)92-41(21-34-24-79-28-84-34)57(113)88-37(14-18-83-68(77)78)53(109)86-35(11-8-15-80-65(71)72)52(108)89-38(64(120)121)13-10-17-82-67(75)76;3-2(4,5)1(6)7/h24,28-33,35-46,49,99-102H,8-23,25-27,69H2,1-7H3,(H2,70,103)(H,79,84)(H,85,116)(H,86,109)(H,87,114)(H,88,113)(H,89,108)(H,90,106)(H,91,107)(H,92,112)(H,93,111)(H,94,117)(H,95,115)(H,96,118)(H,97,119)(H,98,110)(H,104,105)(H,120,121)(H4,71,72,80)(H4,73,74,81)(H4,75,76,82)(H4,77,78,83);(H,6,7)/t31-,32-,33+,35-,36-,37-,38-,39-,40-,41-,42-,43-,44-,45-,46-,49-;/m0./s1. The second-order valence-electron chi connectivity index (χ2n) is 29.5. The highest BCUT2D eigenvalue weighted by Crippen LogP contribution is 2.15. The van der Waals surface area contributed by atoms with E-state index in [1.54, 1.807) is 27.7 Å². The van der Waals surface area contributed by atoms with Crippen molar-refractivity contribution >= 4 is 130 Å². The van der Waals surface area contributed by atoms with Gasteiger partial charge in [0.15, 0.2) is 23.8 Å². The first kappa shape index (κ1) is 114. The number of carbonyl (C=O) groups excluding carboxylic acids is 15. The molecule has 0 aliphatic heterocycles. The van der Waals surface area contributed by atoms with Crippen molar-refractivity contribution in [2.45, 2.75) is 228 Å². The Morgan fingerprint density at radius 2 is 0.703 bits per heavy atom. The fourth-order valence-electron chi connectivity index (χ4n) is 11.0. The van der Waals surface area contributed by atoms with Crippen LogP contribution in [0.1, 0.15) is 125 Å². The average molecular weight is 1840 g/mol. The van der Waals surface area contributed by atoms with Crippen LogP contribution in [0.2, 0.25) is 0 Å². The molecule has 0 spiro atoms. The van der Waals surface area contributed by atoms with Gasteiger partial charge in [0.25, 0.3) is 0 Å². The number of aromatic amines is 1. The first-order chi connectivity index (χ1) is 59.6. The number of guanidine groups is 4. The normalized spacial score (nSPS) is 14.8. The number of aliphatic hydroxyl groups is 4. The number of halogens is 3. The molecule has 0 aliphatic rings. The molecule has 55 nitrogen and oxygen atoms in total. The molecule has 16 atom stereocenters. The molecule has 0 aromatic carbocycles. The second kappa shape index (κ2) is 58.5. The highest BCUT2D eigenvalue weighted by Gasteiger charge is 2.41. The van der Waals surface area contributed by atoms with Crippen LogP contribution in [0, 0.1) is 33.5 Å². The van der Waals surface area contributed by atoms with Gasteiger partial charge in [-0.15, -0.1) is 0 Å². The van der Waals surface area contributed by atoms with Gasteiger partial charge in [-0.3, -0.25) is 98.3 Å². The number of H-pyrrole nitrogens is 1. The molecule has 722 valence electrons. The number of nitrogens with one attached hydrogen (secondary N) is 23. The maximum atomic E-state index is 14.5. The topological polar surface area (TPSA) is 946 Å². The van der Waals surface area contributed by atoms with Crippen LogP contribution in [0.15, 0.2) is 12.5 Å². The molecule has 1 heterocycles. The Hall–Kier alpha value is -13.7. The number of carboxylic acids is 3. The zero-order chi connectivity index (χ0) is 98.2. The number of nitrogens with two attached hydrogens (primary N) is 6. The minimum atomic E-state index is -5.08. The van der Waals surface area contributed by atoms with Crippen molar-refractivity contribution in [1.29, 1.82) is 21.6 Å². The van der Waals surface area contributed by atoms with E-state index in [0.717, 1.165) is 13.8 Å². The molecule has 1 aromatic rings. The highest BCUT2D eigenvalue weighted by atomic mass is 19.4. The molecular weight excluding hydrogens is 1720 g/mol. The summed E-state index contributed by atoms with van der Waals surface area (Å²) in [6.07, 6.45) is -7.96. The first-order valence-electron chi connectivity index (χ1n) is 39.4. The van der Waals surface area contributed by atoms with Gasteiger partial charge in [0.2, 0.25) is 88.6 Å². The van der Waals surface area contributed by atoms with Crippen molar-refractivity contribution < 1.29 is 135 Å². The maximum Gasteiger partial charge on any atom is 0.490 e. The Kier molecular flexibility index (Phi) is 52.3. The lowest BCUT2D eigenvalue weighted by Gasteiger charge is -2.28. The molecule has 1 rings (SSSR count). The van der Waals surface area contributed by atoms with E-state index in [0.29, 0.717) is 0 Å². The molecule has 15 amide bonds. The van der Waals surface area contributed by atoms with Gasteiger partial charge >= 0.3 is 24.1 Å². The molecule has 0 unspecified atom stereocenters. The molecule has 1 aromatic heterocycles. The third kappa shape index (κ3) is 46.9. The van der Waals surface area contributed by atoms with E-state index in [1.807, 2.05) is 21.3 Å². The number of aliphatic hydroxyl groups excluding tert-OH is 4. The molecule has 58 heteroatoms. The maximum absolute atomic E-state index is 14.5. The van der Waals surface area contributed by atoms with Crippen molar-refractivity contribution in [3.8, 4) is 0 Å². The Balaban J connectivity index is 0.0000220. The quantitative estimate of drug-likeness (QED) is 0.0164. The van der Waals surface area contributed by atoms with Crippen LogP contribution in [0.5, 0.6) is 0 Å². The number of nitrogens with zero attached hydrogens (tertiary/aromatic N) is 1. The Labute approximate surface area is 729 Å². The summed E-state index contributed by atoms with van der Waals surface area (Å²) >= 11 is 0. The molecule has 0 radical (unpaired) electrons. The summed E-state index contributed by atoms with van der Waals surface area (Å²) < 4.78 is 31.7. The van der Waals surface area contributed by atoms with E-state index in [-0.39, 0.29) is 102 Å². The highest BCUT2D eigenvalue weighted by molar-refractivity contribution is 6.02. The van der Waals surface area contributed by atoms with Crippen molar-refractivity contribution in [2.24, 2.45) is 46.2 Å². The largest absolute Gasteiger partial charge is 0.490 e. The Morgan fingerprint density at radius 3 is 1.05 bits per heavy atom. The minimum Gasteiger partial charge on any atom is -0.481 e. The lowest BCUT2D eigenvalue weighted by Crippen LogP contribution is -2.63. The van der Waals surface area contributed by atoms with Crippen LogP contribution >= 0.6 is 0 Å². The van der Waals surface area contributed by atoms with E-state index in [1.165, 1.54) is 19.4 Å². The number of hydrogen-bond donors (Lipinski definition) is 36. The second-order valence-corrected chi connectivity index (χ2v) is 29.5. The number of imidazole rings is 1. The summed E-state index contributed by atoms with van der Waals surface area (Å²) in [6.45, 7) is 5.94. The number of primary amides is 1. The number of aromatic nitrogens is 2. The SMILES string of the molecule is CC(C)C[C@H](NC(=O)[C@H](C)N)C(=O)N[C@@H](CC(N)=O)C(=O)N[C@@H](CCCNC(=N)N)C(=O)N[C@H](C(=O)N[C@@H](CO)C(=O)N[C@@H](CO)C(=O)N[C@@H](CC(=O)O)C(=O)N[C@@H](CO)C(=O)N[C@@H](C)C(=O)N[C@@H](CC(C)C)C(=O)N[C@@H](Cc1c[nH]cn1)C(=O)N[C@@H](CCNC(=N)N)C(=O)N[C@@H](CCCNC(=N)N)C(=O)N[C@@H](CCCNC(=N)N)C(=O)O)[C@@H](C)O.O=C(O)C(F)(F)F. The van der Waals surface area contributed by atoms with Crippen LogP contribution in [-0.2, 0) is 92.7 Å². The summed E-state index contributed by atoms with van der Waals surface area (Å²) in [6, 6.07) is -26.0. The zero-order valence-electron chi connectivity index (χ0n) is 71.0. The number of rotatable bonds is 58. The number of hydrogen-bond acceptors (Lipinski definition) is 28. The Morgan fingerprint density at radius 1 is 0.398 bits per heavy atom. The smallest absolute Gasteiger partial charge is 0.481 e. The summed E-state index contributed by atoms with van der Waals surface area (Å²) in [5.41, 5.74) is 32.9. The van der Waals surface area contributed by atoms with Crippen LogP contribution in [0.4, 0.5) is 13.2 Å². The van der Waals surface area contributed by atoms with Gasteiger partial charge in [-0.1, -0.05) is 27.7 Å². The molecule has 0 saturated heterocycles. The van der Waals surface area contributed by atoms with Crippen LogP contribution in [0.3, 0.4) is 0 Å². The molecule has 42 N–H and O–H groups in total. The summed E-state index contributed by atoms with van der Waals surface area (Å²) in [4.78, 5) is 246. The fourth-order valence-corrected chi connectivity index (χ4v) is 11.0. The molecule has 0 fully saturated rings. The van der Waals surface area contributed by atoms with Gasteiger partial charge in [-0.25, -0.2) is 14.6 Å². The summed E-state index contributed by atoms with van der Waals surface area (Å²) in [7, 11) is 0. The van der Waals surface area contributed by atoms with E-state index >= 15 is 0 Å². The molecule has 0 aliphatic carbocycles. The van der Waals surface area contributed by atoms with Crippen LogP contribution in [-0.4, -0.2) is 325 Å². The lowest BCUT2D eigenvalue weighted by atomic mass is 10.0. The van der Waals surface area contributed by atoms with E-state index in [9.17, 15) is 125 Å². The molecule has 128 heavy (non-hydrogen) atoms. The van der Waals surface area contributed by atoms with Crippen molar-refractivity contribution in [3.05, 3.63) is 18.2 Å². The van der Waals surface area contributed by atoms with Gasteiger partial charge in [0, 0.05) is 38.8 Å². The predicted molar refractivity (Wildman–Crippen MR) is 440 cm³/mol. The molecular formula is C70H121F3N30O25. The fraction of sp³-hybridized carbons (Fsp3) is 0.643. The van der Waals surface area contributed by atoms with Crippen molar-refractivity contribution in [3.63, 3.8) is 0 Å². The zero-order valence-corrected chi connectivity index (χ0v) is 71.0. The minimum absolute atomic E-state index is 0.0105. The number of carbonyl (C=O) groups is 18. The first-order valence-corrected chi connectivity index (χ1v) is 39.4. The summed E-state index contributed by atoms with van der Waals surface area (Å²) in [5, 5.41) is 140. The van der Waals surface area contributed by atoms with Gasteiger partial charge in [-0.05, 0) is 90.4 Å². The van der Waals surface area contributed by atoms with Gasteiger partial charge in [0.05, 0.1) is 56.8 Å². The van der Waals surface area contributed by atoms with Crippen LogP contribution < -0.4 is 130 Å². The van der Waals surface area contributed by atoms with Crippen molar-refractivity contribution in [2.75, 3.05) is 46.0 Å². The predicted octanol–water partition coefficient (Wildman–Crippen LogP) is -13.7. The third-order valence-electron chi connectivity index (χ3n) is 17.5. The van der Waals surface area contributed by atoms with Crippen molar-refractivity contribution in [1.82, 2.24) is 106 Å². The van der Waals surface area contributed by atoms with E-state index in [2.05, 4.69) is 84.4 Å². The van der Waals surface area contributed by atoms with E-state index in [4.69, 9.17) is 65.9 Å². The average Bonchev–Trinajstić information content (AvgIpc) is 1.03. The number of amides is 15.